The molecule has 0 saturated heterocycles. The molecular weight excluding hydrogens is 256 g/mol. The molecule has 104 valence electrons. The van der Waals surface area contributed by atoms with Crippen molar-refractivity contribution < 1.29 is 14.7 Å². The second kappa shape index (κ2) is 6.06. The summed E-state index contributed by atoms with van der Waals surface area (Å²) in [6.45, 7) is 0. The van der Waals surface area contributed by atoms with E-state index in [-0.39, 0.29) is 12.3 Å². The Balaban J connectivity index is 2.18. The molecule has 2 rings (SSSR count). The lowest BCUT2D eigenvalue weighted by Crippen LogP contribution is -2.31. The average molecular weight is 272 g/mol. The van der Waals surface area contributed by atoms with Crippen LogP contribution in [0.4, 0.5) is 0 Å². The van der Waals surface area contributed by atoms with E-state index in [2.05, 4.69) is 5.32 Å². The maximum Gasteiger partial charge on any atom is 0.305 e. The number of nitrogens with zero attached hydrogens (tertiary/aromatic N) is 1. The zero-order chi connectivity index (χ0) is 14.5. The molecule has 1 aromatic heterocycles. The number of hydrogen-bond acceptors (Lipinski definition) is 2. The average Bonchev–Trinajstić information content (AvgIpc) is 2.85. The number of carbonyl (C=O) groups excluding carboxylic acids is 1. The van der Waals surface area contributed by atoms with Gasteiger partial charge in [0.25, 0.3) is 5.91 Å². The summed E-state index contributed by atoms with van der Waals surface area (Å²) in [5.41, 5.74) is 1.27. The van der Waals surface area contributed by atoms with Crippen molar-refractivity contribution in [2.45, 2.75) is 12.5 Å². The zero-order valence-electron chi connectivity index (χ0n) is 11.1. The van der Waals surface area contributed by atoms with Crippen molar-refractivity contribution in [1.82, 2.24) is 9.88 Å². The molecule has 5 heteroatoms. The molecule has 1 heterocycles. The molecule has 0 aliphatic carbocycles. The number of carboxylic acid groups (broad SMARTS) is 1. The van der Waals surface area contributed by atoms with Gasteiger partial charge >= 0.3 is 5.97 Å². The monoisotopic (exact) mass is 272 g/mol. The molecule has 0 aliphatic rings. The highest BCUT2D eigenvalue weighted by atomic mass is 16.4. The molecule has 1 unspecified atom stereocenters. The van der Waals surface area contributed by atoms with Gasteiger partial charge in [0.05, 0.1) is 12.5 Å². The van der Waals surface area contributed by atoms with Gasteiger partial charge in [-0.05, 0) is 17.7 Å². The number of nitrogens with one attached hydrogen (secondary N) is 1. The predicted molar refractivity (Wildman–Crippen MR) is 74.3 cm³/mol. The molecule has 2 N–H and O–H groups in total. The highest BCUT2D eigenvalue weighted by Crippen LogP contribution is 2.17. The van der Waals surface area contributed by atoms with Gasteiger partial charge in [0.2, 0.25) is 0 Å². The smallest absolute Gasteiger partial charge is 0.305 e. The maximum absolute atomic E-state index is 12.2. The molecule has 0 radical (unpaired) electrons. The van der Waals surface area contributed by atoms with Gasteiger partial charge in [-0.3, -0.25) is 9.59 Å². The van der Waals surface area contributed by atoms with Crippen LogP contribution in [0.15, 0.2) is 48.7 Å². The number of amides is 1. The van der Waals surface area contributed by atoms with Crippen LogP contribution in [0, 0.1) is 0 Å². The fourth-order valence-corrected chi connectivity index (χ4v) is 2.04. The Hall–Kier alpha value is -2.56. The first-order valence-corrected chi connectivity index (χ1v) is 6.27. The summed E-state index contributed by atoms with van der Waals surface area (Å²) >= 11 is 0. The maximum atomic E-state index is 12.2. The largest absolute Gasteiger partial charge is 0.481 e. The van der Waals surface area contributed by atoms with Crippen molar-refractivity contribution >= 4 is 11.9 Å². The number of carbonyl (C=O) groups is 2. The second-order valence-electron chi connectivity index (χ2n) is 4.54. The van der Waals surface area contributed by atoms with Crippen LogP contribution in [-0.2, 0) is 11.8 Å². The van der Waals surface area contributed by atoms with Gasteiger partial charge in [0.1, 0.15) is 5.69 Å². The van der Waals surface area contributed by atoms with Gasteiger partial charge in [0.15, 0.2) is 0 Å². The molecular formula is C15H16N2O3. The first-order chi connectivity index (χ1) is 9.58. The molecule has 20 heavy (non-hydrogen) atoms. The number of aliphatic carboxylic acids is 1. The fraction of sp³-hybridized carbons (Fsp3) is 0.200. The predicted octanol–water partition coefficient (Wildman–Crippen LogP) is 1.97. The second-order valence-corrected chi connectivity index (χ2v) is 4.54. The van der Waals surface area contributed by atoms with Gasteiger partial charge in [-0.25, -0.2) is 0 Å². The van der Waals surface area contributed by atoms with Gasteiger partial charge in [-0.15, -0.1) is 0 Å². The van der Waals surface area contributed by atoms with E-state index in [0.29, 0.717) is 5.69 Å². The number of aryl methyl sites for hydroxylation is 1. The van der Waals surface area contributed by atoms with Crippen molar-refractivity contribution in [2.75, 3.05) is 0 Å². The number of aromatic nitrogens is 1. The van der Waals surface area contributed by atoms with Crippen molar-refractivity contribution in [2.24, 2.45) is 7.05 Å². The summed E-state index contributed by atoms with van der Waals surface area (Å²) in [5.74, 6) is -1.24. The van der Waals surface area contributed by atoms with Crippen LogP contribution in [0.5, 0.6) is 0 Å². The summed E-state index contributed by atoms with van der Waals surface area (Å²) in [4.78, 5) is 23.1. The molecule has 0 fully saturated rings. The summed E-state index contributed by atoms with van der Waals surface area (Å²) in [6, 6.07) is 12.0. The van der Waals surface area contributed by atoms with Gasteiger partial charge < -0.3 is 15.0 Å². The minimum Gasteiger partial charge on any atom is -0.481 e. The molecule has 1 amide bonds. The van der Waals surface area contributed by atoms with Crippen molar-refractivity contribution in [3.05, 3.63) is 59.9 Å². The van der Waals surface area contributed by atoms with Crippen molar-refractivity contribution in [3.63, 3.8) is 0 Å². The summed E-state index contributed by atoms with van der Waals surface area (Å²) in [6.07, 6.45) is 1.61. The quantitative estimate of drug-likeness (QED) is 0.874. The Bertz CT molecular complexity index is 605. The van der Waals surface area contributed by atoms with Crippen LogP contribution in [0.25, 0.3) is 0 Å². The lowest BCUT2D eigenvalue weighted by molar-refractivity contribution is -0.137. The van der Waals surface area contributed by atoms with E-state index >= 15 is 0 Å². The number of benzene rings is 1. The molecule has 5 nitrogen and oxygen atoms in total. The van der Waals surface area contributed by atoms with E-state index in [1.807, 2.05) is 18.2 Å². The van der Waals surface area contributed by atoms with Crippen LogP contribution in [0.3, 0.4) is 0 Å². The molecule has 0 spiro atoms. The van der Waals surface area contributed by atoms with Crippen LogP contribution in [0.1, 0.15) is 28.5 Å². The SMILES string of the molecule is Cn1cccc1C(=O)NC(CC(=O)O)c1ccccc1. The van der Waals surface area contributed by atoms with Gasteiger partial charge in [0, 0.05) is 13.2 Å². The zero-order valence-corrected chi connectivity index (χ0v) is 11.1. The lowest BCUT2D eigenvalue weighted by Gasteiger charge is -2.17. The standard InChI is InChI=1S/C15H16N2O3/c1-17-9-5-8-13(17)15(20)16-12(10-14(18)19)11-6-3-2-4-7-11/h2-9,12H,10H2,1H3,(H,16,20)(H,18,19). The van der Waals surface area contributed by atoms with E-state index in [1.54, 1.807) is 42.1 Å². The van der Waals surface area contributed by atoms with E-state index in [1.165, 1.54) is 0 Å². The third-order valence-corrected chi connectivity index (χ3v) is 3.06. The number of carboxylic acids is 1. The highest BCUT2D eigenvalue weighted by Gasteiger charge is 2.19. The molecule has 0 aliphatic heterocycles. The molecule has 2 aromatic rings. The summed E-state index contributed by atoms with van der Waals surface area (Å²) < 4.78 is 1.69. The molecule has 1 aromatic carbocycles. The van der Waals surface area contributed by atoms with Crippen LogP contribution in [0.2, 0.25) is 0 Å². The molecule has 1 atom stereocenters. The van der Waals surface area contributed by atoms with E-state index in [0.717, 1.165) is 5.56 Å². The minimum atomic E-state index is -0.953. The first kappa shape index (κ1) is 13.9. The highest BCUT2D eigenvalue weighted by molar-refractivity contribution is 5.93. The number of rotatable bonds is 5. The Morgan fingerprint density at radius 2 is 1.90 bits per heavy atom. The van der Waals surface area contributed by atoms with E-state index in [4.69, 9.17) is 5.11 Å². The van der Waals surface area contributed by atoms with E-state index < -0.39 is 12.0 Å². The third kappa shape index (κ3) is 3.26. The van der Waals surface area contributed by atoms with E-state index in [9.17, 15) is 9.59 Å². The fourth-order valence-electron chi connectivity index (χ4n) is 2.04. The first-order valence-electron chi connectivity index (χ1n) is 6.27. The summed E-state index contributed by atoms with van der Waals surface area (Å²) in [5, 5.41) is 11.8. The Morgan fingerprint density at radius 3 is 2.45 bits per heavy atom. The lowest BCUT2D eigenvalue weighted by atomic mass is 10.0. The Morgan fingerprint density at radius 1 is 1.20 bits per heavy atom. The Kier molecular flexibility index (Phi) is 4.20. The molecule has 0 bridgehead atoms. The van der Waals surface area contributed by atoms with Gasteiger partial charge in [-0.2, -0.15) is 0 Å². The normalized spacial score (nSPS) is 11.8. The minimum absolute atomic E-state index is 0.153. The third-order valence-electron chi connectivity index (χ3n) is 3.06. The Labute approximate surface area is 116 Å². The van der Waals surface area contributed by atoms with Crippen molar-refractivity contribution in [1.29, 1.82) is 0 Å². The van der Waals surface area contributed by atoms with Gasteiger partial charge in [-0.1, -0.05) is 30.3 Å². The van der Waals surface area contributed by atoms with Crippen molar-refractivity contribution in [3.8, 4) is 0 Å². The van der Waals surface area contributed by atoms with Crippen LogP contribution >= 0.6 is 0 Å². The van der Waals surface area contributed by atoms with Crippen LogP contribution in [-0.4, -0.2) is 21.6 Å². The van der Waals surface area contributed by atoms with Crippen LogP contribution < -0.4 is 5.32 Å². The molecule has 0 saturated carbocycles. The topological polar surface area (TPSA) is 71.3 Å². The summed E-state index contributed by atoms with van der Waals surface area (Å²) in [7, 11) is 1.77. The number of hydrogen-bond donors (Lipinski definition) is 2.